The molecule has 1 fully saturated rings. The van der Waals surface area contributed by atoms with Gasteiger partial charge in [0.2, 0.25) is 0 Å². The molecule has 5 rings (SSSR count). The first kappa shape index (κ1) is 29.0. The van der Waals surface area contributed by atoms with Gasteiger partial charge in [-0.05, 0) is 45.8 Å². The Morgan fingerprint density at radius 2 is 1.35 bits per heavy atom. The fourth-order valence-corrected chi connectivity index (χ4v) is 7.54. The Labute approximate surface area is 250 Å². The van der Waals surface area contributed by atoms with Gasteiger partial charge in [-0.1, -0.05) is 140 Å². The summed E-state index contributed by atoms with van der Waals surface area (Å²) in [7, 11) is -1.03. The first-order valence-corrected chi connectivity index (χ1v) is 16.3. The highest BCUT2D eigenvalue weighted by Gasteiger charge is 2.56. The van der Waals surface area contributed by atoms with Crippen molar-refractivity contribution in [1.29, 1.82) is 0 Å². The van der Waals surface area contributed by atoms with Crippen molar-refractivity contribution < 1.29 is 9.53 Å². The Kier molecular flexibility index (Phi) is 8.79. The van der Waals surface area contributed by atoms with Crippen molar-refractivity contribution in [2.75, 3.05) is 13.1 Å². The molecule has 40 heavy (non-hydrogen) atoms. The van der Waals surface area contributed by atoms with Crippen molar-refractivity contribution in [3.05, 3.63) is 142 Å². The minimum absolute atomic E-state index is 0.0724. The summed E-state index contributed by atoms with van der Waals surface area (Å²) in [5, 5.41) is 13.0. The number of likely N-dealkylation sites (tertiary alicyclic amines) is 1. The fraction of sp³-hybridized carbons (Fsp3) is 0.314. The standard InChI is InChI=1S/C35H40BrNO2Si/c1-33(2,3)40-39-35(29-15-9-5-10-16-29,30-17-11-6-12-18-30)32-26-37(25-27-13-7-4-8-14-27)24-23-34(32,38)28-19-21-31(36)22-20-28/h4-22,32,38H,23-26,40H2,1-3H3. The zero-order valence-electron chi connectivity index (χ0n) is 23.8. The summed E-state index contributed by atoms with van der Waals surface area (Å²) < 4.78 is 8.39. The summed E-state index contributed by atoms with van der Waals surface area (Å²) in [4.78, 5) is 2.50. The molecule has 208 valence electrons. The van der Waals surface area contributed by atoms with Crippen LogP contribution in [0, 0.1) is 5.92 Å². The Hall–Kier alpha value is -2.54. The number of rotatable bonds is 8. The smallest absolute Gasteiger partial charge is 0.168 e. The Morgan fingerprint density at radius 3 is 1.88 bits per heavy atom. The normalized spacial score (nSPS) is 20.7. The van der Waals surface area contributed by atoms with Crippen molar-refractivity contribution in [3.63, 3.8) is 0 Å². The molecule has 0 radical (unpaired) electrons. The quantitative estimate of drug-likeness (QED) is 0.210. The van der Waals surface area contributed by atoms with Crippen LogP contribution >= 0.6 is 15.9 Å². The molecule has 4 aromatic carbocycles. The van der Waals surface area contributed by atoms with E-state index in [1.54, 1.807) is 0 Å². The van der Waals surface area contributed by atoms with Crippen molar-refractivity contribution in [2.45, 2.75) is 50.0 Å². The SMILES string of the molecule is CC(C)(C)[SiH2]OC(c1ccccc1)(c1ccccc1)C1CN(Cc2ccccc2)CCC1(O)c1ccc(Br)cc1. The molecule has 5 heteroatoms. The van der Waals surface area contributed by atoms with Crippen LogP contribution in [0.2, 0.25) is 5.04 Å². The van der Waals surface area contributed by atoms with Crippen LogP contribution in [0.5, 0.6) is 0 Å². The maximum atomic E-state index is 13.0. The molecule has 2 atom stereocenters. The van der Waals surface area contributed by atoms with E-state index < -0.39 is 21.0 Å². The molecular weight excluding hydrogens is 574 g/mol. The van der Waals surface area contributed by atoms with Gasteiger partial charge in [-0.15, -0.1) is 0 Å². The number of piperidine rings is 1. The Balaban J connectivity index is 1.71. The Morgan fingerprint density at radius 1 is 0.825 bits per heavy atom. The summed E-state index contributed by atoms with van der Waals surface area (Å²) in [5.74, 6) is -0.252. The highest BCUT2D eigenvalue weighted by atomic mass is 79.9. The van der Waals surface area contributed by atoms with Crippen molar-refractivity contribution in [3.8, 4) is 0 Å². The third-order valence-corrected chi connectivity index (χ3v) is 10.0. The maximum Gasteiger partial charge on any atom is 0.168 e. The number of aliphatic hydroxyl groups is 1. The maximum absolute atomic E-state index is 13.0. The molecule has 3 nitrogen and oxygen atoms in total. The fourth-order valence-electron chi connectivity index (χ4n) is 6.08. The van der Waals surface area contributed by atoms with Crippen LogP contribution in [0.15, 0.2) is 120 Å². The van der Waals surface area contributed by atoms with E-state index >= 15 is 0 Å². The summed E-state index contributed by atoms with van der Waals surface area (Å²) >= 11 is 3.60. The monoisotopic (exact) mass is 613 g/mol. The molecule has 0 amide bonds. The first-order valence-electron chi connectivity index (χ1n) is 14.2. The van der Waals surface area contributed by atoms with E-state index in [9.17, 15) is 5.11 Å². The lowest BCUT2D eigenvalue weighted by Gasteiger charge is -2.54. The number of hydrogen-bond donors (Lipinski definition) is 1. The van der Waals surface area contributed by atoms with E-state index in [0.29, 0.717) is 13.0 Å². The van der Waals surface area contributed by atoms with Gasteiger partial charge in [-0.2, -0.15) is 0 Å². The molecule has 2 unspecified atom stereocenters. The first-order chi connectivity index (χ1) is 19.2. The minimum atomic E-state index is -1.09. The van der Waals surface area contributed by atoms with Gasteiger partial charge in [-0.25, -0.2) is 0 Å². The van der Waals surface area contributed by atoms with Gasteiger partial charge in [0.1, 0.15) is 5.60 Å². The van der Waals surface area contributed by atoms with Crippen molar-refractivity contribution in [2.24, 2.45) is 5.92 Å². The summed E-state index contributed by atoms with van der Waals surface area (Å²) in [6, 6.07) is 40.1. The lowest BCUT2D eigenvalue weighted by molar-refractivity contribution is -0.146. The molecule has 1 N–H and O–H groups in total. The summed E-state index contributed by atoms with van der Waals surface area (Å²) in [6.45, 7) is 9.14. The number of nitrogens with zero attached hydrogens (tertiary/aromatic N) is 1. The summed E-state index contributed by atoms with van der Waals surface area (Å²) in [6.07, 6.45) is 0.619. The van der Waals surface area contributed by atoms with Gasteiger partial charge in [0.25, 0.3) is 0 Å². The number of benzene rings is 4. The van der Waals surface area contributed by atoms with Crippen LogP contribution in [-0.2, 0) is 22.2 Å². The second kappa shape index (κ2) is 12.1. The highest BCUT2D eigenvalue weighted by molar-refractivity contribution is 9.10. The third kappa shape index (κ3) is 6.19. The Bertz CT molecular complexity index is 1320. The third-order valence-electron chi connectivity index (χ3n) is 8.05. The molecule has 0 aliphatic carbocycles. The lowest BCUT2D eigenvalue weighted by Crippen LogP contribution is -2.59. The molecule has 0 aromatic heterocycles. The van der Waals surface area contributed by atoms with Gasteiger partial charge >= 0.3 is 0 Å². The van der Waals surface area contributed by atoms with E-state index in [1.165, 1.54) is 5.56 Å². The van der Waals surface area contributed by atoms with E-state index in [4.69, 9.17) is 4.43 Å². The van der Waals surface area contributed by atoms with Gasteiger partial charge in [0, 0.05) is 30.0 Å². The predicted octanol–water partition coefficient (Wildman–Crippen LogP) is 7.42. The van der Waals surface area contributed by atoms with Crippen LogP contribution in [0.3, 0.4) is 0 Å². The average Bonchev–Trinajstić information content (AvgIpc) is 2.96. The van der Waals surface area contributed by atoms with Crippen LogP contribution in [0.4, 0.5) is 0 Å². The molecule has 1 aliphatic rings. The predicted molar refractivity (Wildman–Crippen MR) is 171 cm³/mol. The van der Waals surface area contributed by atoms with Crippen LogP contribution in [0.1, 0.15) is 49.4 Å². The number of halogens is 1. The molecular formula is C35H40BrNO2Si. The zero-order chi connectivity index (χ0) is 28.2. The van der Waals surface area contributed by atoms with Gasteiger partial charge in [0.05, 0.1) is 5.60 Å². The minimum Gasteiger partial charge on any atom is -0.409 e. The van der Waals surface area contributed by atoms with E-state index in [0.717, 1.165) is 34.3 Å². The molecule has 1 heterocycles. The van der Waals surface area contributed by atoms with Crippen LogP contribution < -0.4 is 0 Å². The molecule has 4 aromatic rings. The zero-order valence-corrected chi connectivity index (χ0v) is 26.8. The largest absolute Gasteiger partial charge is 0.409 e. The molecule has 1 saturated heterocycles. The molecule has 0 saturated carbocycles. The van der Waals surface area contributed by atoms with Crippen LogP contribution in [-0.4, -0.2) is 32.9 Å². The van der Waals surface area contributed by atoms with E-state index in [-0.39, 0.29) is 11.0 Å². The van der Waals surface area contributed by atoms with E-state index in [1.807, 2.05) is 12.1 Å². The molecule has 1 aliphatic heterocycles. The van der Waals surface area contributed by atoms with Crippen molar-refractivity contribution in [1.82, 2.24) is 4.90 Å². The van der Waals surface area contributed by atoms with Crippen LogP contribution in [0.25, 0.3) is 0 Å². The second-order valence-corrected chi connectivity index (χ2v) is 15.9. The van der Waals surface area contributed by atoms with Crippen molar-refractivity contribution >= 4 is 25.7 Å². The number of hydrogen-bond acceptors (Lipinski definition) is 3. The topological polar surface area (TPSA) is 32.7 Å². The second-order valence-electron chi connectivity index (χ2n) is 12.3. The van der Waals surface area contributed by atoms with Gasteiger partial charge < -0.3 is 9.53 Å². The average molecular weight is 615 g/mol. The van der Waals surface area contributed by atoms with Gasteiger partial charge in [-0.3, -0.25) is 4.90 Å². The lowest BCUT2D eigenvalue weighted by atomic mass is 9.63. The molecule has 0 bridgehead atoms. The van der Waals surface area contributed by atoms with E-state index in [2.05, 4.69) is 145 Å². The summed E-state index contributed by atoms with van der Waals surface area (Å²) in [5.41, 5.74) is 2.51. The van der Waals surface area contributed by atoms with Gasteiger partial charge in [0.15, 0.2) is 9.76 Å². The highest BCUT2D eigenvalue weighted by Crippen LogP contribution is 2.52. The molecule has 0 spiro atoms.